The fourth-order valence-electron chi connectivity index (χ4n) is 0.983. The quantitative estimate of drug-likeness (QED) is 0.189. The van der Waals surface area contributed by atoms with Gasteiger partial charge in [-0.15, -0.1) is 0 Å². The molecule has 0 saturated heterocycles. The lowest BCUT2D eigenvalue weighted by Crippen LogP contribution is -2.34. The van der Waals surface area contributed by atoms with Crippen LogP contribution in [-0.4, -0.2) is 51.3 Å². The van der Waals surface area contributed by atoms with Crippen molar-refractivity contribution in [2.45, 2.75) is 33.3 Å². The molecule has 0 radical (unpaired) electrons. The zero-order chi connectivity index (χ0) is 17.0. The lowest BCUT2D eigenvalue weighted by atomic mass is 10.5. The first-order valence-electron chi connectivity index (χ1n) is 6.54. The van der Waals surface area contributed by atoms with Crippen LogP contribution in [0.4, 0.5) is 4.79 Å². The summed E-state index contributed by atoms with van der Waals surface area (Å²) < 4.78 is 38.4. The van der Waals surface area contributed by atoms with Gasteiger partial charge in [0, 0.05) is 17.8 Å². The predicted octanol–water partition coefficient (Wildman–Crippen LogP) is 1.00. The van der Waals surface area contributed by atoms with Crippen LogP contribution >= 0.6 is 12.0 Å². The molecule has 0 spiro atoms. The summed E-state index contributed by atoms with van der Waals surface area (Å²) in [4.78, 5) is 26.9. The van der Waals surface area contributed by atoms with Crippen LogP contribution in [0.5, 0.6) is 0 Å². The van der Waals surface area contributed by atoms with E-state index in [0.29, 0.717) is 5.75 Å². The molecule has 0 fully saturated rings. The first-order chi connectivity index (χ1) is 10.3. The number of carbonyl (C=O) groups is 2. The molecule has 0 heterocycles. The van der Waals surface area contributed by atoms with Gasteiger partial charge in [0.25, 0.3) is 0 Å². The SMILES string of the molecule is CCOC(=O)COC(=O)NS(=O)(=O)CCCSOOC(C)C. The topological polar surface area (TPSA) is 117 Å². The van der Waals surface area contributed by atoms with Gasteiger partial charge in [-0.1, -0.05) is 0 Å². The van der Waals surface area contributed by atoms with Crippen molar-refractivity contribution in [3.05, 3.63) is 0 Å². The molecule has 0 aliphatic carbocycles. The Kier molecular flexibility index (Phi) is 11.0. The smallest absolute Gasteiger partial charge is 0.421 e. The highest BCUT2D eigenvalue weighted by atomic mass is 32.2. The van der Waals surface area contributed by atoms with Crippen molar-refractivity contribution in [3.8, 4) is 0 Å². The van der Waals surface area contributed by atoms with Crippen LogP contribution < -0.4 is 4.72 Å². The molecule has 1 N–H and O–H groups in total. The first kappa shape index (κ1) is 21.0. The number of hydrogen-bond acceptors (Lipinski definition) is 9. The summed E-state index contributed by atoms with van der Waals surface area (Å²) in [6, 6.07) is 0. The fourth-order valence-corrected chi connectivity index (χ4v) is 2.65. The average Bonchev–Trinajstić information content (AvgIpc) is 2.40. The van der Waals surface area contributed by atoms with E-state index in [9.17, 15) is 18.0 Å². The minimum Gasteiger partial charge on any atom is -0.463 e. The molecule has 0 aromatic rings. The minimum absolute atomic E-state index is 0.0907. The van der Waals surface area contributed by atoms with Gasteiger partial charge in [0.05, 0.1) is 18.5 Å². The van der Waals surface area contributed by atoms with Crippen molar-refractivity contribution >= 4 is 34.1 Å². The number of amides is 1. The van der Waals surface area contributed by atoms with Crippen molar-refractivity contribution in [2.24, 2.45) is 0 Å². The van der Waals surface area contributed by atoms with Gasteiger partial charge in [-0.25, -0.2) is 27.6 Å². The lowest BCUT2D eigenvalue weighted by Gasteiger charge is -2.08. The highest BCUT2D eigenvalue weighted by molar-refractivity contribution is 7.94. The fraction of sp³-hybridized carbons (Fsp3) is 0.818. The summed E-state index contributed by atoms with van der Waals surface area (Å²) in [5.74, 6) is -0.681. The van der Waals surface area contributed by atoms with E-state index in [0.717, 1.165) is 12.0 Å². The Morgan fingerprint density at radius 1 is 1.23 bits per heavy atom. The van der Waals surface area contributed by atoms with Gasteiger partial charge in [0.15, 0.2) is 6.61 Å². The first-order valence-corrected chi connectivity index (χ1v) is 9.11. The van der Waals surface area contributed by atoms with Crippen molar-refractivity contribution < 1.29 is 36.7 Å². The van der Waals surface area contributed by atoms with E-state index < -0.39 is 28.7 Å². The Labute approximate surface area is 134 Å². The number of hydrogen-bond donors (Lipinski definition) is 1. The number of carbonyl (C=O) groups excluding carboxylic acids is 2. The molecule has 1 amide bonds. The standard InChI is InChI=1S/C11H21NO8S2/c1-4-17-10(13)8-18-11(14)12-22(15,16)7-5-6-21-20-19-9(2)3/h9H,4-8H2,1-3H3,(H,12,14). The highest BCUT2D eigenvalue weighted by Crippen LogP contribution is 2.07. The van der Waals surface area contributed by atoms with Gasteiger partial charge in [0.2, 0.25) is 10.0 Å². The van der Waals surface area contributed by atoms with Gasteiger partial charge in [-0.05, 0) is 27.2 Å². The third-order valence-electron chi connectivity index (χ3n) is 1.79. The largest absolute Gasteiger partial charge is 0.463 e. The van der Waals surface area contributed by atoms with Crippen LogP contribution in [0.15, 0.2) is 0 Å². The zero-order valence-corrected chi connectivity index (χ0v) is 14.3. The maximum absolute atomic E-state index is 11.5. The highest BCUT2D eigenvalue weighted by Gasteiger charge is 2.16. The van der Waals surface area contributed by atoms with E-state index in [1.165, 1.54) is 0 Å². The summed E-state index contributed by atoms with van der Waals surface area (Å²) in [5, 5.41) is 0. The second-order valence-electron chi connectivity index (χ2n) is 4.19. The summed E-state index contributed by atoms with van der Waals surface area (Å²) in [6.45, 7) is 4.66. The summed E-state index contributed by atoms with van der Waals surface area (Å²) in [7, 11) is -3.83. The monoisotopic (exact) mass is 359 g/mol. The molecule has 0 saturated carbocycles. The van der Waals surface area contributed by atoms with Crippen LogP contribution in [0.3, 0.4) is 0 Å². The summed E-state index contributed by atoms with van der Waals surface area (Å²) in [5.41, 5.74) is 0. The second-order valence-corrected chi connectivity index (χ2v) is 6.81. The van der Waals surface area contributed by atoms with Crippen molar-refractivity contribution in [3.63, 3.8) is 0 Å². The molecule has 0 unspecified atom stereocenters. The maximum atomic E-state index is 11.5. The van der Waals surface area contributed by atoms with E-state index in [-0.39, 0.29) is 24.9 Å². The number of sulfonamides is 1. The average molecular weight is 359 g/mol. The maximum Gasteiger partial charge on any atom is 0.421 e. The van der Waals surface area contributed by atoms with Crippen LogP contribution in [0.25, 0.3) is 0 Å². The van der Waals surface area contributed by atoms with Crippen LogP contribution in [-0.2, 0) is 33.5 Å². The molecule has 9 nitrogen and oxygen atoms in total. The van der Waals surface area contributed by atoms with Gasteiger partial charge >= 0.3 is 12.1 Å². The molecule has 0 rings (SSSR count). The molecule has 0 bridgehead atoms. The van der Waals surface area contributed by atoms with Crippen LogP contribution in [0.1, 0.15) is 27.2 Å². The van der Waals surface area contributed by atoms with E-state index in [4.69, 9.17) is 9.22 Å². The predicted molar refractivity (Wildman–Crippen MR) is 79.3 cm³/mol. The zero-order valence-electron chi connectivity index (χ0n) is 12.7. The van der Waals surface area contributed by atoms with Crippen molar-refractivity contribution in [1.82, 2.24) is 4.72 Å². The molecular weight excluding hydrogens is 338 g/mol. The van der Waals surface area contributed by atoms with Gasteiger partial charge in [0.1, 0.15) is 0 Å². The number of rotatable bonds is 11. The van der Waals surface area contributed by atoms with Crippen molar-refractivity contribution in [1.29, 1.82) is 0 Å². The number of esters is 1. The van der Waals surface area contributed by atoms with E-state index in [2.05, 4.69) is 9.47 Å². The van der Waals surface area contributed by atoms with E-state index in [1.54, 1.807) is 25.5 Å². The third-order valence-corrected chi connectivity index (χ3v) is 3.72. The van der Waals surface area contributed by atoms with E-state index in [1.807, 2.05) is 0 Å². The Morgan fingerprint density at radius 3 is 2.50 bits per heavy atom. The normalized spacial score (nSPS) is 11.3. The summed E-state index contributed by atoms with van der Waals surface area (Å²) in [6.07, 6.45) is -1.07. The van der Waals surface area contributed by atoms with Crippen molar-refractivity contribution in [2.75, 3.05) is 24.7 Å². The number of ether oxygens (including phenoxy) is 2. The number of nitrogens with one attached hydrogen (secondary N) is 1. The van der Waals surface area contributed by atoms with Gasteiger partial charge in [-0.3, -0.25) is 0 Å². The molecule has 22 heavy (non-hydrogen) atoms. The molecular formula is C11H21NO8S2. The Bertz CT molecular complexity index is 437. The third kappa shape index (κ3) is 12.7. The molecule has 0 aromatic heterocycles. The molecule has 11 heteroatoms. The molecule has 0 aliphatic rings. The molecule has 0 atom stereocenters. The molecule has 0 aromatic carbocycles. The minimum atomic E-state index is -3.83. The Morgan fingerprint density at radius 2 is 1.91 bits per heavy atom. The lowest BCUT2D eigenvalue weighted by molar-refractivity contribution is -0.220. The van der Waals surface area contributed by atoms with Crippen LogP contribution in [0.2, 0.25) is 0 Å². The van der Waals surface area contributed by atoms with Gasteiger partial charge < -0.3 is 9.47 Å². The van der Waals surface area contributed by atoms with E-state index >= 15 is 0 Å². The summed E-state index contributed by atoms with van der Waals surface area (Å²) >= 11 is 0.969. The second kappa shape index (κ2) is 11.5. The molecule has 0 aliphatic heterocycles. The Balaban J connectivity index is 3.84. The molecule has 130 valence electrons. The Hall–Kier alpha value is -1.04. The van der Waals surface area contributed by atoms with Crippen LogP contribution in [0, 0.1) is 0 Å². The van der Waals surface area contributed by atoms with Gasteiger partial charge in [-0.2, -0.15) is 4.33 Å².